The number of ether oxygens (including phenoxy) is 3. The van der Waals surface area contributed by atoms with Gasteiger partial charge in [0.15, 0.2) is 0 Å². The van der Waals surface area contributed by atoms with Crippen LogP contribution in [-0.4, -0.2) is 47.1 Å². The fraction of sp³-hybridized carbons (Fsp3) is 0.333. The molecule has 1 amide bonds. The number of hydrogen-bond donors (Lipinski definition) is 0. The van der Waals surface area contributed by atoms with Gasteiger partial charge in [-0.25, -0.2) is 18.4 Å². The second-order valence-electron chi connectivity index (χ2n) is 12.4. The van der Waals surface area contributed by atoms with Crippen LogP contribution in [0.5, 0.6) is 17.2 Å². The third-order valence-electron chi connectivity index (χ3n) is 7.60. The van der Waals surface area contributed by atoms with Gasteiger partial charge in [-0.2, -0.15) is 0 Å². The van der Waals surface area contributed by atoms with Crippen molar-refractivity contribution >= 4 is 28.5 Å². The number of piperidine rings is 1. The predicted molar refractivity (Wildman–Crippen MR) is 169 cm³/mol. The summed E-state index contributed by atoms with van der Waals surface area (Å²) in [6.45, 7) is 14.8. The molecule has 0 spiro atoms. The largest absolute Gasteiger partial charge is 0.504 e. The minimum atomic E-state index is -0.585. The van der Waals surface area contributed by atoms with Gasteiger partial charge < -0.3 is 19.1 Å². The van der Waals surface area contributed by atoms with E-state index in [4.69, 9.17) is 20.8 Å². The van der Waals surface area contributed by atoms with E-state index in [-0.39, 0.29) is 53.5 Å². The molecule has 1 aliphatic rings. The second-order valence-corrected chi connectivity index (χ2v) is 12.4. The Kier molecular flexibility index (Phi) is 9.81. The van der Waals surface area contributed by atoms with Crippen molar-refractivity contribution in [3.63, 3.8) is 0 Å². The Morgan fingerprint density at radius 1 is 0.978 bits per heavy atom. The first kappa shape index (κ1) is 32.4. The summed E-state index contributed by atoms with van der Waals surface area (Å²) in [5.41, 5.74) is 1.18. The van der Waals surface area contributed by atoms with E-state index in [2.05, 4.69) is 9.83 Å². The number of rotatable bonds is 9. The van der Waals surface area contributed by atoms with E-state index in [0.29, 0.717) is 47.7 Å². The van der Waals surface area contributed by atoms with Gasteiger partial charge in [0.05, 0.1) is 18.7 Å². The first-order valence-corrected chi connectivity index (χ1v) is 15.1. The Morgan fingerprint density at radius 2 is 1.72 bits per heavy atom. The molecule has 2 heterocycles. The Bertz CT molecular complexity index is 1770. The summed E-state index contributed by atoms with van der Waals surface area (Å²) in [4.78, 5) is 34.6. The molecule has 3 aromatic carbocycles. The number of carbonyl (C=O) groups excluding carboxylic acids is 2. The summed E-state index contributed by atoms with van der Waals surface area (Å²) in [7, 11) is 0. The molecule has 1 fully saturated rings. The lowest BCUT2D eigenvalue weighted by Crippen LogP contribution is -2.42. The molecule has 238 valence electrons. The van der Waals surface area contributed by atoms with Gasteiger partial charge in [-0.3, -0.25) is 9.78 Å². The molecule has 0 aliphatic carbocycles. The number of likely N-dealkylation sites (tertiary alicyclic amines) is 1. The van der Waals surface area contributed by atoms with E-state index in [1.54, 1.807) is 35.4 Å². The fourth-order valence-corrected chi connectivity index (χ4v) is 5.21. The van der Waals surface area contributed by atoms with Crippen LogP contribution < -0.4 is 9.47 Å². The van der Waals surface area contributed by atoms with Gasteiger partial charge in [0, 0.05) is 43.6 Å². The maximum Gasteiger partial charge on any atom is 0.410 e. The van der Waals surface area contributed by atoms with Gasteiger partial charge in [0.25, 0.3) is 0 Å². The molecule has 0 saturated carbocycles. The topological polar surface area (TPSA) is 82.3 Å². The first-order valence-electron chi connectivity index (χ1n) is 15.1. The summed E-state index contributed by atoms with van der Waals surface area (Å²) in [5, 5.41) is 0.561. The third-order valence-corrected chi connectivity index (χ3v) is 7.60. The monoisotopic (exact) mass is 627 g/mol. The number of ketones is 1. The molecule has 10 heteroatoms. The highest BCUT2D eigenvalue weighted by atomic mass is 19.1. The number of amides is 1. The van der Waals surface area contributed by atoms with Gasteiger partial charge in [0.2, 0.25) is 5.69 Å². The van der Waals surface area contributed by atoms with E-state index >= 15 is 0 Å². The molecule has 0 radical (unpaired) electrons. The highest BCUT2D eigenvalue weighted by molar-refractivity contribution is 5.91. The highest BCUT2D eigenvalue weighted by Crippen LogP contribution is 2.38. The molecular formula is C36H35F2N3O5. The molecule has 5 rings (SSSR count). The predicted octanol–water partition coefficient (Wildman–Crippen LogP) is 8.24. The molecule has 1 saturated heterocycles. The van der Waals surface area contributed by atoms with Gasteiger partial charge in [-0.15, -0.1) is 0 Å². The second kappa shape index (κ2) is 13.9. The van der Waals surface area contributed by atoms with Crippen LogP contribution in [0.3, 0.4) is 0 Å². The summed E-state index contributed by atoms with van der Waals surface area (Å²) in [5.74, 6) is 0.0594. The summed E-state index contributed by atoms with van der Waals surface area (Å²) in [6.07, 6.45) is 2.73. The number of aromatic nitrogens is 1. The molecule has 8 nitrogen and oxygen atoms in total. The molecule has 0 unspecified atom stereocenters. The lowest BCUT2D eigenvalue weighted by atomic mass is 9.98. The third kappa shape index (κ3) is 8.36. The number of benzene rings is 3. The minimum Gasteiger partial charge on any atom is -0.504 e. The molecule has 4 aromatic rings. The normalized spacial score (nSPS) is 13.7. The Hall–Kier alpha value is -5.04. The van der Waals surface area contributed by atoms with E-state index < -0.39 is 11.4 Å². The molecule has 0 bridgehead atoms. The quantitative estimate of drug-likeness (QED) is 0.174. The number of nitrogens with zero attached hydrogens (tertiary/aromatic N) is 3. The Balaban J connectivity index is 1.22. The number of fused-ring (bicyclic) bond motifs is 1. The fourth-order valence-electron chi connectivity index (χ4n) is 5.21. The van der Waals surface area contributed by atoms with Crippen molar-refractivity contribution in [1.82, 2.24) is 9.88 Å². The highest BCUT2D eigenvalue weighted by Gasteiger charge is 2.27. The average Bonchev–Trinajstić information content (AvgIpc) is 3.01. The number of pyridine rings is 1. The standard InChI is InChI=1S/C36H35F2N3O5/c1-36(2,3)46-35(43)41-15-12-24(13-16-41)22-44-34-21-31-29(20-32(34)39-4)33(11-14-40-31)45-28-10-7-25(30(38)19-28)18-27(42)17-23-5-8-26(37)9-6-23/h5-11,14,19-21,24H,12-13,15-18,22H2,1-3H3. The van der Waals surface area contributed by atoms with E-state index in [0.717, 1.165) is 12.8 Å². The number of Topliss-reactive ketones (excluding diaryl/α,β-unsaturated/α-hetero) is 1. The Labute approximate surface area is 266 Å². The van der Waals surface area contributed by atoms with Crippen LogP contribution >= 0.6 is 0 Å². The average molecular weight is 628 g/mol. The number of halogens is 2. The van der Waals surface area contributed by atoms with Crippen molar-refractivity contribution in [3.8, 4) is 17.2 Å². The molecule has 0 atom stereocenters. The summed E-state index contributed by atoms with van der Waals surface area (Å²) >= 11 is 0. The van der Waals surface area contributed by atoms with Crippen molar-refractivity contribution in [1.29, 1.82) is 0 Å². The summed E-state index contributed by atoms with van der Waals surface area (Å²) in [6, 6.07) is 14.9. The van der Waals surface area contributed by atoms with Crippen LogP contribution in [-0.2, 0) is 22.4 Å². The van der Waals surface area contributed by atoms with Gasteiger partial charge in [-0.05, 0) is 87.1 Å². The number of hydrogen-bond acceptors (Lipinski definition) is 6. The van der Waals surface area contributed by atoms with Crippen LogP contribution in [0, 0.1) is 24.1 Å². The number of carbonyl (C=O) groups is 2. The van der Waals surface area contributed by atoms with Gasteiger partial charge in [-0.1, -0.05) is 18.2 Å². The van der Waals surface area contributed by atoms with Crippen molar-refractivity contribution in [2.75, 3.05) is 19.7 Å². The first-order chi connectivity index (χ1) is 22.0. The van der Waals surface area contributed by atoms with Crippen LogP contribution in [0.25, 0.3) is 15.7 Å². The van der Waals surface area contributed by atoms with Crippen molar-refractivity contribution < 1.29 is 32.6 Å². The van der Waals surface area contributed by atoms with Gasteiger partial charge >= 0.3 is 6.09 Å². The molecule has 1 aromatic heterocycles. The van der Waals surface area contributed by atoms with Crippen LogP contribution in [0.2, 0.25) is 0 Å². The maximum absolute atomic E-state index is 15.0. The maximum atomic E-state index is 15.0. The van der Waals surface area contributed by atoms with Crippen molar-refractivity contribution in [2.45, 2.75) is 52.1 Å². The van der Waals surface area contributed by atoms with Crippen molar-refractivity contribution in [2.24, 2.45) is 5.92 Å². The molecular weight excluding hydrogens is 592 g/mol. The van der Waals surface area contributed by atoms with E-state index in [1.807, 2.05) is 20.8 Å². The molecule has 46 heavy (non-hydrogen) atoms. The lowest BCUT2D eigenvalue weighted by molar-refractivity contribution is -0.117. The Morgan fingerprint density at radius 3 is 2.39 bits per heavy atom. The smallest absolute Gasteiger partial charge is 0.410 e. The van der Waals surface area contributed by atoms with Crippen LogP contribution in [0.4, 0.5) is 19.3 Å². The van der Waals surface area contributed by atoms with Crippen LogP contribution in [0.1, 0.15) is 44.7 Å². The molecule has 0 N–H and O–H groups in total. The zero-order valence-corrected chi connectivity index (χ0v) is 26.0. The van der Waals surface area contributed by atoms with Gasteiger partial charge in [0.1, 0.15) is 40.3 Å². The summed E-state index contributed by atoms with van der Waals surface area (Å²) < 4.78 is 45.7. The van der Waals surface area contributed by atoms with E-state index in [1.165, 1.54) is 36.4 Å². The van der Waals surface area contributed by atoms with Crippen LogP contribution in [0.15, 0.2) is 66.9 Å². The zero-order valence-electron chi connectivity index (χ0n) is 26.0. The SMILES string of the molecule is [C-]#[N+]c1cc2c(Oc3ccc(CC(=O)Cc4ccc(F)cc4)c(F)c3)ccnc2cc1OCC1CCN(C(=O)OC(C)(C)C)CC1. The van der Waals surface area contributed by atoms with E-state index in [9.17, 15) is 18.4 Å². The minimum absolute atomic E-state index is 0.0728. The zero-order chi connectivity index (χ0) is 32.8. The molecule has 1 aliphatic heterocycles. The van der Waals surface area contributed by atoms with Crippen molar-refractivity contribution in [3.05, 3.63) is 101 Å². The lowest BCUT2D eigenvalue weighted by Gasteiger charge is -2.33.